The van der Waals surface area contributed by atoms with Crippen LogP contribution in [-0.2, 0) is 28.8 Å². The van der Waals surface area contributed by atoms with E-state index in [4.69, 9.17) is 0 Å². The second-order valence-corrected chi connectivity index (χ2v) is 17.1. The van der Waals surface area contributed by atoms with Gasteiger partial charge in [-0.25, -0.2) is 0 Å². The van der Waals surface area contributed by atoms with Crippen molar-refractivity contribution >= 4 is 35.4 Å². The van der Waals surface area contributed by atoms with E-state index in [-0.39, 0.29) is 42.9 Å². The van der Waals surface area contributed by atoms with Crippen molar-refractivity contribution in [3.63, 3.8) is 0 Å². The molecule has 0 aromatic heterocycles. The summed E-state index contributed by atoms with van der Waals surface area (Å²) in [6, 6.07) is 33.0. The minimum atomic E-state index is -1.06. The Labute approximate surface area is 394 Å². The molecule has 67 heavy (non-hydrogen) atoms. The minimum Gasteiger partial charge on any atom is -0.343 e. The standard InChI is InChI=1S/C53H64N8O6/c1-36(54-3)48(62)56-42(52(66)60-34-20-32-44(60)50(64)58-46(38-22-10-5-11-23-38)39-24-12-6-13-25-39)30-18-9-19-31-43(57-49(63)37(2)55-4)53(67)61-35-21-33-45(61)51(65)59-47(40-26-14-7-15-27-40)41-28-16-8-17-29-41/h5-8,10-17,22-29,36-37,42-47,54-55H,18,20-21,30-35H2,1-4H3,(H,56,62)(H,57,63)(H,58,64)(H,59,65)/t36-,37-,42-,43-,44-,45-/m0/s1. The van der Waals surface area contributed by atoms with Gasteiger partial charge in [0.1, 0.15) is 24.2 Å². The summed E-state index contributed by atoms with van der Waals surface area (Å²) in [5.74, 6) is 3.99. The molecule has 0 bridgehead atoms. The summed E-state index contributed by atoms with van der Waals surface area (Å²) in [6.07, 6.45) is 2.40. The first-order chi connectivity index (χ1) is 32.5. The fraction of sp³-hybridized carbons (Fsp3) is 0.396. The number of carbonyl (C=O) groups excluding carboxylic acids is 6. The molecule has 0 radical (unpaired) electrons. The van der Waals surface area contributed by atoms with Crippen molar-refractivity contribution in [3.8, 4) is 11.8 Å². The zero-order valence-corrected chi connectivity index (χ0v) is 38.9. The summed E-state index contributed by atoms with van der Waals surface area (Å²) in [5.41, 5.74) is 3.62. The number of carbonyl (C=O) groups is 6. The van der Waals surface area contributed by atoms with E-state index in [1.54, 1.807) is 32.8 Å². The number of benzene rings is 4. The van der Waals surface area contributed by atoms with Crippen molar-refractivity contribution in [2.45, 2.75) is 107 Å². The highest BCUT2D eigenvalue weighted by molar-refractivity contribution is 5.95. The van der Waals surface area contributed by atoms with E-state index >= 15 is 0 Å². The molecule has 2 saturated heterocycles. The van der Waals surface area contributed by atoms with Crippen LogP contribution in [0.15, 0.2) is 121 Å². The van der Waals surface area contributed by atoms with E-state index in [1.807, 2.05) is 121 Å². The molecule has 0 spiro atoms. The molecule has 14 nitrogen and oxygen atoms in total. The predicted molar refractivity (Wildman–Crippen MR) is 258 cm³/mol. The Hall–Kier alpha value is -6.82. The number of likely N-dealkylation sites (tertiary alicyclic amines) is 2. The monoisotopic (exact) mass is 908 g/mol. The third-order valence-corrected chi connectivity index (χ3v) is 12.7. The van der Waals surface area contributed by atoms with E-state index < -0.39 is 60.1 Å². The molecule has 6 rings (SSSR count). The van der Waals surface area contributed by atoms with Crippen LogP contribution in [0.1, 0.15) is 93.1 Å². The number of rotatable bonds is 19. The largest absolute Gasteiger partial charge is 0.343 e. The second kappa shape index (κ2) is 24.6. The summed E-state index contributed by atoms with van der Waals surface area (Å²) in [5, 5.41) is 18.0. The summed E-state index contributed by atoms with van der Waals surface area (Å²) in [7, 11) is 3.30. The Bertz CT molecular complexity index is 2260. The fourth-order valence-electron chi connectivity index (χ4n) is 8.58. The highest BCUT2D eigenvalue weighted by Gasteiger charge is 2.40. The van der Waals surface area contributed by atoms with Gasteiger partial charge in [-0.3, -0.25) is 28.8 Å². The topological polar surface area (TPSA) is 181 Å². The van der Waals surface area contributed by atoms with E-state index in [9.17, 15) is 28.8 Å². The lowest BCUT2D eigenvalue weighted by molar-refractivity contribution is -0.141. The molecule has 2 aliphatic heterocycles. The van der Waals surface area contributed by atoms with Crippen molar-refractivity contribution in [2.24, 2.45) is 0 Å². The van der Waals surface area contributed by atoms with E-state index in [2.05, 4.69) is 43.7 Å². The Morgan fingerprint density at radius 3 is 1.25 bits per heavy atom. The number of hydrogen-bond donors (Lipinski definition) is 6. The first-order valence-corrected chi connectivity index (χ1v) is 23.3. The maximum atomic E-state index is 14.4. The summed E-state index contributed by atoms with van der Waals surface area (Å²) >= 11 is 0. The molecule has 6 amide bonds. The maximum Gasteiger partial charge on any atom is 0.246 e. The average Bonchev–Trinajstić information content (AvgIpc) is 4.08. The van der Waals surface area contributed by atoms with Crippen LogP contribution in [-0.4, -0.2) is 109 Å². The van der Waals surface area contributed by atoms with Crippen molar-refractivity contribution in [3.05, 3.63) is 144 Å². The van der Waals surface area contributed by atoms with Gasteiger partial charge in [-0.15, -0.1) is 11.8 Å². The van der Waals surface area contributed by atoms with Crippen LogP contribution in [0, 0.1) is 11.8 Å². The first kappa shape index (κ1) is 49.6. The van der Waals surface area contributed by atoms with Crippen molar-refractivity contribution in [1.82, 2.24) is 41.7 Å². The zero-order valence-electron chi connectivity index (χ0n) is 38.9. The lowest BCUT2D eigenvalue weighted by Crippen LogP contribution is -2.55. The normalized spacial score (nSPS) is 17.4. The molecule has 0 saturated carbocycles. The van der Waals surface area contributed by atoms with Gasteiger partial charge in [0.2, 0.25) is 35.4 Å². The lowest BCUT2D eigenvalue weighted by Gasteiger charge is -2.30. The molecule has 2 heterocycles. The van der Waals surface area contributed by atoms with Crippen LogP contribution in [0.4, 0.5) is 0 Å². The molecule has 2 fully saturated rings. The Kier molecular flexibility index (Phi) is 18.2. The third-order valence-electron chi connectivity index (χ3n) is 12.7. The minimum absolute atomic E-state index is 0.0529. The number of nitrogens with one attached hydrogen (secondary N) is 6. The Morgan fingerprint density at radius 2 is 0.881 bits per heavy atom. The van der Waals surface area contributed by atoms with Gasteiger partial charge in [-0.1, -0.05) is 121 Å². The Balaban J connectivity index is 1.15. The SMILES string of the molecule is CN[C@@H](C)C(=O)N[C@@H](CC#CCC[C@H](NC(=O)[C@H](C)NC)C(=O)N1CCC[C@H]1C(=O)NC(c1ccccc1)c1ccccc1)C(=O)N1CCC[C@H]1C(=O)NC(c1ccccc1)c1ccccc1. The molecular weight excluding hydrogens is 845 g/mol. The van der Waals surface area contributed by atoms with Crippen molar-refractivity contribution in [1.29, 1.82) is 0 Å². The third kappa shape index (κ3) is 13.2. The second-order valence-electron chi connectivity index (χ2n) is 17.1. The highest BCUT2D eigenvalue weighted by atomic mass is 16.2. The molecule has 4 aromatic rings. The Morgan fingerprint density at radius 1 is 0.522 bits per heavy atom. The lowest BCUT2D eigenvalue weighted by atomic mass is 9.98. The summed E-state index contributed by atoms with van der Waals surface area (Å²) in [4.78, 5) is 86.5. The summed E-state index contributed by atoms with van der Waals surface area (Å²) in [6.45, 7) is 4.06. The molecule has 0 unspecified atom stereocenters. The molecular formula is C53H64N8O6. The number of amides is 6. The van der Waals surface area contributed by atoms with E-state index in [1.165, 1.54) is 4.90 Å². The molecule has 6 N–H and O–H groups in total. The quantitative estimate of drug-likeness (QED) is 0.0761. The molecule has 0 aliphatic carbocycles. The maximum absolute atomic E-state index is 14.4. The van der Waals surface area contributed by atoms with E-state index in [0.717, 1.165) is 22.3 Å². The number of nitrogens with zero attached hydrogens (tertiary/aromatic N) is 2. The van der Waals surface area contributed by atoms with Crippen LogP contribution < -0.4 is 31.9 Å². The highest BCUT2D eigenvalue weighted by Crippen LogP contribution is 2.27. The number of likely N-dealkylation sites (N-methyl/N-ethyl adjacent to an activating group) is 2. The predicted octanol–water partition coefficient (Wildman–Crippen LogP) is 4.14. The van der Waals surface area contributed by atoms with Crippen LogP contribution in [0.2, 0.25) is 0 Å². The molecule has 352 valence electrons. The smallest absolute Gasteiger partial charge is 0.246 e. The number of hydrogen-bond acceptors (Lipinski definition) is 8. The van der Waals surface area contributed by atoms with Crippen molar-refractivity contribution < 1.29 is 28.8 Å². The van der Waals surface area contributed by atoms with Crippen molar-refractivity contribution in [2.75, 3.05) is 27.2 Å². The van der Waals surface area contributed by atoms with Crippen LogP contribution in [0.3, 0.4) is 0 Å². The van der Waals surface area contributed by atoms with Gasteiger partial charge in [0, 0.05) is 25.9 Å². The van der Waals surface area contributed by atoms with Gasteiger partial charge in [0.25, 0.3) is 0 Å². The van der Waals surface area contributed by atoms with Gasteiger partial charge in [-0.05, 0) is 82.3 Å². The fourth-order valence-corrected chi connectivity index (χ4v) is 8.58. The average molecular weight is 909 g/mol. The van der Waals surface area contributed by atoms with Crippen LogP contribution >= 0.6 is 0 Å². The molecule has 4 aromatic carbocycles. The van der Waals surface area contributed by atoms with Gasteiger partial charge < -0.3 is 41.7 Å². The van der Waals surface area contributed by atoms with Gasteiger partial charge >= 0.3 is 0 Å². The van der Waals surface area contributed by atoms with Gasteiger partial charge in [0.15, 0.2) is 0 Å². The van der Waals surface area contributed by atoms with Gasteiger partial charge in [-0.2, -0.15) is 0 Å². The molecule has 6 atom stereocenters. The molecule has 2 aliphatic rings. The molecule has 14 heteroatoms. The summed E-state index contributed by atoms with van der Waals surface area (Å²) < 4.78 is 0. The van der Waals surface area contributed by atoms with Gasteiger partial charge in [0.05, 0.1) is 24.2 Å². The first-order valence-electron chi connectivity index (χ1n) is 23.3. The van der Waals surface area contributed by atoms with Crippen LogP contribution in [0.5, 0.6) is 0 Å². The van der Waals surface area contributed by atoms with Crippen LogP contribution in [0.25, 0.3) is 0 Å². The van der Waals surface area contributed by atoms with E-state index in [0.29, 0.717) is 38.8 Å². The zero-order chi connectivity index (χ0) is 47.7.